The summed E-state index contributed by atoms with van der Waals surface area (Å²) in [7, 11) is 0. The van der Waals surface area contributed by atoms with Gasteiger partial charge in [-0.1, -0.05) is 11.6 Å². The van der Waals surface area contributed by atoms with Crippen LogP contribution < -0.4 is 5.32 Å². The summed E-state index contributed by atoms with van der Waals surface area (Å²) in [6.07, 6.45) is -2.87. The molecule has 1 aromatic heterocycles. The molecule has 2 rings (SSSR count). The first-order chi connectivity index (χ1) is 8.91. The maximum absolute atomic E-state index is 12.4. The van der Waals surface area contributed by atoms with Gasteiger partial charge >= 0.3 is 6.18 Å². The molecule has 0 saturated carbocycles. The SMILES string of the molecule is O=CNc1ccc(-n2ccc(C(F)(F)F)n2)c(Cl)c1. The fourth-order valence-electron chi connectivity index (χ4n) is 1.46. The molecule has 0 fully saturated rings. The summed E-state index contributed by atoms with van der Waals surface area (Å²) in [5, 5.41) is 5.96. The van der Waals surface area contributed by atoms with E-state index in [1.165, 1.54) is 18.2 Å². The van der Waals surface area contributed by atoms with Gasteiger partial charge in [0.15, 0.2) is 5.69 Å². The lowest BCUT2D eigenvalue weighted by atomic mass is 10.3. The van der Waals surface area contributed by atoms with E-state index in [0.717, 1.165) is 16.9 Å². The maximum atomic E-state index is 12.4. The maximum Gasteiger partial charge on any atom is 0.435 e. The predicted octanol–water partition coefficient (Wildman–Crippen LogP) is 3.11. The lowest BCUT2D eigenvalue weighted by Crippen LogP contribution is -2.07. The number of nitrogens with zero attached hydrogens (tertiary/aromatic N) is 2. The minimum Gasteiger partial charge on any atom is -0.329 e. The first-order valence-corrected chi connectivity index (χ1v) is 5.42. The van der Waals surface area contributed by atoms with Gasteiger partial charge in [-0.25, -0.2) is 4.68 Å². The highest BCUT2D eigenvalue weighted by Crippen LogP contribution is 2.29. The van der Waals surface area contributed by atoms with E-state index in [1.807, 2.05) is 0 Å². The van der Waals surface area contributed by atoms with Crippen molar-refractivity contribution in [1.82, 2.24) is 9.78 Å². The Hall–Kier alpha value is -2.02. The van der Waals surface area contributed by atoms with E-state index < -0.39 is 11.9 Å². The molecule has 1 N–H and O–H groups in total. The monoisotopic (exact) mass is 289 g/mol. The number of hydrogen-bond acceptors (Lipinski definition) is 2. The van der Waals surface area contributed by atoms with Crippen LogP contribution in [0.3, 0.4) is 0 Å². The van der Waals surface area contributed by atoms with Crippen LogP contribution in [0, 0.1) is 0 Å². The van der Waals surface area contributed by atoms with Crippen LogP contribution >= 0.6 is 11.6 Å². The second kappa shape index (κ2) is 4.93. The van der Waals surface area contributed by atoms with Gasteiger partial charge in [-0.15, -0.1) is 0 Å². The van der Waals surface area contributed by atoms with E-state index in [9.17, 15) is 18.0 Å². The van der Waals surface area contributed by atoms with Crippen molar-refractivity contribution < 1.29 is 18.0 Å². The van der Waals surface area contributed by atoms with E-state index in [0.29, 0.717) is 12.1 Å². The number of nitrogens with one attached hydrogen (secondary N) is 1. The topological polar surface area (TPSA) is 46.9 Å². The number of carbonyl (C=O) groups is 1. The predicted molar refractivity (Wildman–Crippen MR) is 63.3 cm³/mol. The zero-order valence-corrected chi connectivity index (χ0v) is 10.0. The van der Waals surface area contributed by atoms with Crippen molar-refractivity contribution in [2.24, 2.45) is 0 Å². The number of anilines is 1. The highest BCUT2D eigenvalue weighted by atomic mass is 35.5. The number of carbonyl (C=O) groups excluding carboxylic acids is 1. The van der Waals surface area contributed by atoms with Gasteiger partial charge < -0.3 is 5.32 Å². The lowest BCUT2D eigenvalue weighted by Gasteiger charge is -2.07. The van der Waals surface area contributed by atoms with Gasteiger partial charge in [0.2, 0.25) is 6.41 Å². The molecule has 0 spiro atoms. The Morgan fingerprint density at radius 3 is 2.58 bits per heavy atom. The second-order valence-electron chi connectivity index (χ2n) is 3.57. The van der Waals surface area contributed by atoms with Crippen LogP contribution in [0.4, 0.5) is 18.9 Å². The molecule has 0 bridgehead atoms. The van der Waals surface area contributed by atoms with E-state index in [-0.39, 0.29) is 10.7 Å². The largest absolute Gasteiger partial charge is 0.435 e. The summed E-state index contributed by atoms with van der Waals surface area (Å²) >= 11 is 5.93. The van der Waals surface area contributed by atoms with Crippen molar-refractivity contribution in [3.63, 3.8) is 0 Å². The third-order valence-corrected chi connectivity index (χ3v) is 2.60. The van der Waals surface area contributed by atoms with Gasteiger partial charge in [0, 0.05) is 11.9 Å². The fourth-order valence-corrected chi connectivity index (χ4v) is 1.73. The average Bonchev–Trinajstić information content (AvgIpc) is 2.78. The normalized spacial score (nSPS) is 11.4. The van der Waals surface area contributed by atoms with Crippen LogP contribution in [0.2, 0.25) is 5.02 Å². The summed E-state index contributed by atoms with van der Waals surface area (Å²) in [4.78, 5) is 10.3. The standard InChI is InChI=1S/C11H7ClF3N3O/c12-8-5-7(16-6-19)1-2-9(8)18-4-3-10(17-18)11(13,14)15/h1-6H,(H,16,19). The Labute approximate surface area is 110 Å². The summed E-state index contributed by atoms with van der Waals surface area (Å²) in [6.45, 7) is 0. The fraction of sp³-hybridized carbons (Fsp3) is 0.0909. The number of hydrogen-bond donors (Lipinski definition) is 1. The van der Waals surface area contributed by atoms with Crippen LogP contribution in [0.25, 0.3) is 5.69 Å². The Bertz CT molecular complexity index is 609. The van der Waals surface area contributed by atoms with Crippen LogP contribution in [0.1, 0.15) is 5.69 Å². The van der Waals surface area contributed by atoms with Gasteiger partial charge in [-0.05, 0) is 24.3 Å². The Balaban J connectivity index is 2.37. The highest BCUT2D eigenvalue weighted by Gasteiger charge is 2.33. The molecule has 0 aliphatic carbocycles. The number of amides is 1. The number of halogens is 4. The lowest BCUT2D eigenvalue weighted by molar-refractivity contribution is -0.141. The Kier molecular flexibility index (Phi) is 3.48. The van der Waals surface area contributed by atoms with Crippen molar-refractivity contribution in [1.29, 1.82) is 0 Å². The third kappa shape index (κ3) is 2.87. The summed E-state index contributed by atoms with van der Waals surface area (Å²) in [5.74, 6) is 0. The summed E-state index contributed by atoms with van der Waals surface area (Å²) < 4.78 is 38.3. The molecular formula is C11H7ClF3N3O. The Morgan fingerprint density at radius 2 is 2.05 bits per heavy atom. The minimum atomic E-state index is -4.50. The molecule has 1 heterocycles. The molecular weight excluding hydrogens is 283 g/mol. The first kappa shape index (κ1) is 13.4. The van der Waals surface area contributed by atoms with E-state index in [1.54, 1.807) is 0 Å². The van der Waals surface area contributed by atoms with Gasteiger partial charge in [0.05, 0.1) is 10.7 Å². The molecule has 1 aromatic carbocycles. The third-order valence-electron chi connectivity index (χ3n) is 2.30. The van der Waals surface area contributed by atoms with Crippen molar-refractivity contribution in [3.8, 4) is 5.69 Å². The molecule has 19 heavy (non-hydrogen) atoms. The smallest absolute Gasteiger partial charge is 0.329 e. The molecule has 0 atom stereocenters. The van der Waals surface area contributed by atoms with Gasteiger partial charge in [0.1, 0.15) is 0 Å². The van der Waals surface area contributed by atoms with E-state index in [2.05, 4.69) is 10.4 Å². The highest BCUT2D eigenvalue weighted by molar-refractivity contribution is 6.32. The van der Waals surface area contributed by atoms with Gasteiger partial charge in [-0.2, -0.15) is 18.3 Å². The van der Waals surface area contributed by atoms with Crippen LogP contribution in [-0.2, 0) is 11.0 Å². The second-order valence-corrected chi connectivity index (χ2v) is 3.98. The minimum absolute atomic E-state index is 0.170. The number of rotatable bonds is 3. The number of aromatic nitrogens is 2. The average molecular weight is 290 g/mol. The van der Waals surface area contributed by atoms with E-state index >= 15 is 0 Å². The van der Waals surface area contributed by atoms with Crippen molar-refractivity contribution in [2.45, 2.75) is 6.18 Å². The van der Waals surface area contributed by atoms with Gasteiger partial charge in [-0.3, -0.25) is 4.79 Å². The quantitative estimate of drug-likeness (QED) is 0.883. The van der Waals surface area contributed by atoms with Crippen LogP contribution in [-0.4, -0.2) is 16.2 Å². The van der Waals surface area contributed by atoms with Crippen molar-refractivity contribution >= 4 is 23.7 Å². The number of alkyl halides is 3. The first-order valence-electron chi connectivity index (χ1n) is 5.05. The molecule has 0 saturated heterocycles. The zero-order chi connectivity index (χ0) is 14.0. The Morgan fingerprint density at radius 1 is 1.32 bits per heavy atom. The molecule has 100 valence electrons. The molecule has 4 nitrogen and oxygen atoms in total. The van der Waals surface area contributed by atoms with Crippen molar-refractivity contribution in [3.05, 3.63) is 41.2 Å². The molecule has 0 unspecified atom stereocenters. The van der Waals surface area contributed by atoms with Gasteiger partial charge in [0.25, 0.3) is 0 Å². The zero-order valence-electron chi connectivity index (χ0n) is 9.28. The van der Waals surface area contributed by atoms with Crippen LogP contribution in [0.5, 0.6) is 0 Å². The molecule has 0 aliphatic heterocycles. The molecule has 0 radical (unpaired) electrons. The summed E-state index contributed by atoms with van der Waals surface area (Å²) in [6, 6.07) is 5.24. The van der Waals surface area contributed by atoms with Crippen molar-refractivity contribution in [2.75, 3.05) is 5.32 Å². The molecule has 1 amide bonds. The molecule has 8 heteroatoms. The summed E-state index contributed by atoms with van der Waals surface area (Å²) in [5.41, 5.74) is -0.278. The number of benzene rings is 1. The van der Waals surface area contributed by atoms with E-state index in [4.69, 9.17) is 11.6 Å². The molecule has 2 aromatic rings. The van der Waals surface area contributed by atoms with Crippen LogP contribution in [0.15, 0.2) is 30.5 Å². The molecule has 0 aliphatic rings.